The van der Waals surface area contributed by atoms with E-state index in [1.807, 2.05) is 18.4 Å². The lowest BCUT2D eigenvalue weighted by Gasteiger charge is -2.06. The standard InChI is InChI=1S/C15H12NO3S/c1-10(17)13-4-3-5-14(15(13)16(18)19)11-6-8-12(20-2)9-7-11/h3-4,6-9H,1-2H3. The number of carbonyl (C=O) groups excluding carboxylic acids is 1. The van der Waals surface area contributed by atoms with E-state index in [2.05, 4.69) is 6.07 Å². The van der Waals surface area contributed by atoms with Crippen molar-refractivity contribution >= 4 is 23.2 Å². The van der Waals surface area contributed by atoms with Gasteiger partial charge in [-0.2, -0.15) is 0 Å². The zero-order valence-electron chi connectivity index (χ0n) is 11.0. The van der Waals surface area contributed by atoms with Gasteiger partial charge in [-0.05, 0) is 43.0 Å². The van der Waals surface area contributed by atoms with Crippen LogP contribution < -0.4 is 0 Å². The van der Waals surface area contributed by atoms with Gasteiger partial charge < -0.3 is 0 Å². The Hall–Kier alpha value is -2.14. The number of benzene rings is 2. The Balaban J connectivity index is 2.63. The van der Waals surface area contributed by atoms with Gasteiger partial charge in [0.1, 0.15) is 0 Å². The molecule has 2 aromatic rings. The van der Waals surface area contributed by atoms with Gasteiger partial charge >= 0.3 is 0 Å². The van der Waals surface area contributed by atoms with E-state index in [4.69, 9.17) is 0 Å². The van der Waals surface area contributed by atoms with Crippen LogP contribution in [0.4, 0.5) is 5.69 Å². The molecule has 101 valence electrons. The lowest BCUT2D eigenvalue weighted by molar-refractivity contribution is -0.384. The molecule has 0 fully saturated rings. The van der Waals surface area contributed by atoms with Crippen molar-refractivity contribution in [3.8, 4) is 11.1 Å². The van der Waals surface area contributed by atoms with Gasteiger partial charge in [-0.1, -0.05) is 18.2 Å². The molecule has 5 heteroatoms. The fraction of sp³-hybridized carbons (Fsp3) is 0.133. The fourth-order valence-corrected chi connectivity index (χ4v) is 2.35. The van der Waals surface area contributed by atoms with Crippen LogP contribution in [0.1, 0.15) is 17.3 Å². The second-order valence-corrected chi connectivity index (χ2v) is 5.04. The average molecular weight is 286 g/mol. The van der Waals surface area contributed by atoms with E-state index >= 15 is 0 Å². The zero-order valence-corrected chi connectivity index (χ0v) is 11.9. The van der Waals surface area contributed by atoms with Crippen LogP contribution in [-0.4, -0.2) is 17.0 Å². The maximum Gasteiger partial charge on any atom is 0.288 e. The number of hydrogen-bond donors (Lipinski definition) is 0. The molecule has 2 rings (SSSR count). The summed E-state index contributed by atoms with van der Waals surface area (Å²) in [5.41, 5.74) is 0.947. The SMILES string of the molecule is CSc1ccc(-c2[c]ccc(C(C)=O)c2[N+](=O)[O-])cc1. The molecule has 0 saturated carbocycles. The van der Waals surface area contributed by atoms with E-state index in [1.54, 1.807) is 30.0 Å². The lowest BCUT2D eigenvalue weighted by Crippen LogP contribution is -2.02. The first kappa shape index (κ1) is 14.3. The van der Waals surface area contributed by atoms with Crippen LogP contribution in [0.5, 0.6) is 0 Å². The minimum atomic E-state index is -0.523. The third-order valence-electron chi connectivity index (χ3n) is 2.91. The molecule has 0 atom stereocenters. The summed E-state index contributed by atoms with van der Waals surface area (Å²) in [5.74, 6) is -0.326. The first-order chi connectivity index (χ1) is 9.54. The molecule has 20 heavy (non-hydrogen) atoms. The largest absolute Gasteiger partial charge is 0.294 e. The number of nitrogens with zero attached hydrogens (tertiary/aromatic N) is 1. The van der Waals surface area contributed by atoms with Gasteiger partial charge in [0.05, 0.1) is 16.1 Å². The summed E-state index contributed by atoms with van der Waals surface area (Å²) in [6, 6.07) is 13.2. The Morgan fingerprint density at radius 2 is 1.90 bits per heavy atom. The fourth-order valence-electron chi connectivity index (χ4n) is 1.94. The molecule has 0 bridgehead atoms. The monoisotopic (exact) mass is 286 g/mol. The Bertz CT molecular complexity index is 665. The van der Waals surface area contributed by atoms with Crippen molar-refractivity contribution in [2.45, 2.75) is 11.8 Å². The van der Waals surface area contributed by atoms with Crippen molar-refractivity contribution < 1.29 is 9.72 Å². The van der Waals surface area contributed by atoms with Crippen molar-refractivity contribution in [3.63, 3.8) is 0 Å². The van der Waals surface area contributed by atoms with Crippen LogP contribution >= 0.6 is 11.8 Å². The van der Waals surface area contributed by atoms with Gasteiger partial charge in [0, 0.05) is 4.90 Å². The minimum Gasteiger partial charge on any atom is -0.294 e. The van der Waals surface area contributed by atoms with E-state index in [0.29, 0.717) is 11.1 Å². The highest BCUT2D eigenvalue weighted by atomic mass is 32.2. The topological polar surface area (TPSA) is 60.2 Å². The van der Waals surface area contributed by atoms with Crippen LogP contribution in [0.3, 0.4) is 0 Å². The number of nitro groups is 1. The second-order valence-electron chi connectivity index (χ2n) is 4.16. The minimum absolute atomic E-state index is 0.109. The van der Waals surface area contributed by atoms with E-state index in [0.717, 1.165) is 4.90 Å². The predicted molar refractivity (Wildman–Crippen MR) is 79.2 cm³/mol. The third kappa shape index (κ3) is 2.72. The Morgan fingerprint density at radius 3 is 2.40 bits per heavy atom. The summed E-state index contributed by atoms with van der Waals surface area (Å²) in [6.07, 6.45) is 1.96. The van der Waals surface area contributed by atoms with E-state index in [9.17, 15) is 14.9 Å². The van der Waals surface area contributed by atoms with Gasteiger partial charge in [0.15, 0.2) is 5.78 Å². The lowest BCUT2D eigenvalue weighted by atomic mass is 9.98. The Labute approximate surface area is 121 Å². The Morgan fingerprint density at radius 1 is 1.25 bits per heavy atom. The molecule has 0 N–H and O–H groups in total. The van der Waals surface area contributed by atoms with Crippen molar-refractivity contribution in [1.82, 2.24) is 0 Å². The molecule has 0 amide bonds. The molecular formula is C15H12NO3S. The molecule has 0 aliphatic heterocycles. The number of carbonyl (C=O) groups is 1. The number of hydrogen-bond acceptors (Lipinski definition) is 4. The summed E-state index contributed by atoms with van der Waals surface area (Å²) in [4.78, 5) is 23.4. The molecule has 0 spiro atoms. The number of nitro benzene ring substituents is 1. The third-order valence-corrected chi connectivity index (χ3v) is 3.65. The van der Waals surface area contributed by atoms with Gasteiger partial charge in [-0.15, -0.1) is 11.8 Å². The molecule has 0 heterocycles. The van der Waals surface area contributed by atoms with Gasteiger partial charge in [0.2, 0.25) is 0 Å². The summed E-state index contributed by atoms with van der Waals surface area (Å²) in [7, 11) is 0. The summed E-state index contributed by atoms with van der Waals surface area (Å²) >= 11 is 1.59. The quantitative estimate of drug-likeness (QED) is 0.369. The van der Waals surface area contributed by atoms with E-state index in [1.165, 1.54) is 13.0 Å². The normalized spacial score (nSPS) is 10.3. The molecule has 4 nitrogen and oxygen atoms in total. The number of thioether (sulfide) groups is 1. The highest BCUT2D eigenvalue weighted by molar-refractivity contribution is 7.98. The molecular weight excluding hydrogens is 274 g/mol. The van der Waals surface area contributed by atoms with Crippen LogP contribution in [0.2, 0.25) is 0 Å². The maximum absolute atomic E-state index is 11.5. The van der Waals surface area contributed by atoms with E-state index < -0.39 is 4.92 Å². The number of ketones is 1. The molecule has 2 aromatic carbocycles. The molecule has 0 aliphatic carbocycles. The number of Topliss-reactive ketones (excluding diaryl/α,β-unsaturated/α-hetero) is 1. The van der Waals surface area contributed by atoms with Crippen LogP contribution in [-0.2, 0) is 0 Å². The van der Waals surface area contributed by atoms with Crippen molar-refractivity contribution in [2.24, 2.45) is 0 Å². The predicted octanol–water partition coefficient (Wildman–Crippen LogP) is 3.99. The summed E-state index contributed by atoms with van der Waals surface area (Å²) < 4.78 is 0. The van der Waals surface area contributed by atoms with Crippen LogP contribution in [0.15, 0.2) is 41.3 Å². The van der Waals surface area contributed by atoms with Crippen LogP contribution in [0, 0.1) is 16.2 Å². The highest BCUT2D eigenvalue weighted by Gasteiger charge is 2.23. The van der Waals surface area contributed by atoms with Crippen molar-refractivity contribution in [2.75, 3.05) is 6.26 Å². The maximum atomic E-state index is 11.5. The highest BCUT2D eigenvalue weighted by Crippen LogP contribution is 2.33. The second kappa shape index (κ2) is 5.88. The smallest absolute Gasteiger partial charge is 0.288 e. The molecule has 1 radical (unpaired) electrons. The molecule has 0 aromatic heterocycles. The van der Waals surface area contributed by atoms with Crippen molar-refractivity contribution in [1.29, 1.82) is 0 Å². The van der Waals surface area contributed by atoms with Gasteiger partial charge in [-0.25, -0.2) is 0 Å². The summed E-state index contributed by atoms with van der Waals surface area (Å²) in [5, 5.41) is 11.3. The molecule has 0 saturated heterocycles. The average Bonchev–Trinajstić information content (AvgIpc) is 2.46. The first-order valence-corrected chi connectivity index (χ1v) is 7.11. The van der Waals surface area contributed by atoms with E-state index in [-0.39, 0.29) is 17.0 Å². The van der Waals surface area contributed by atoms with Gasteiger partial charge in [0.25, 0.3) is 5.69 Å². The molecule has 0 unspecified atom stereocenters. The first-order valence-electron chi connectivity index (χ1n) is 5.89. The molecule has 0 aliphatic rings. The van der Waals surface area contributed by atoms with Crippen molar-refractivity contribution in [3.05, 3.63) is 58.1 Å². The zero-order chi connectivity index (χ0) is 14.7. The van der Waals surface area contributed by atoms with Gasteiger partial charge in [-0.3, -0.25) is 14.9 Å². The van der Waals surface area contributed by atoms with Crippen LogP contribution in [0.25, 0.3) is 11.1 Å². The summed E-state index contributed by atoms with van der Waals surface area (Å²) in [6.45, 7) is 1.32. The number of rotatable bonds is 4. The Kier molecular flexibility index (Phi) is 4.20.